The second kappa shape index (κ2) is 11.8. The lowest BCUT2D eigenvalue weighted by atomic mass is 10.1. The van der Waals surface area contributed by atoms with Crippen molar-refractivity contribution >= 4 is 29.8 Å². The van der Waals surface area contributed by atoms with Crippen LogP contribution in [-0.2, 0) is 19.1 Å². The van der Waals surface area contributed by atoms with E-state index in [-0.39, 0.29) is 43.9 Å². The number of ether oxygens (including phenoxy) is 2. The van der Waals surface area contributed by atoms with Crippen molar-refractivity contribution in [2.24, 2.45) is 0 Å². The molecule has 1 aromatic rings. The molecule has 1 aliphatic rings. The summed E-state index contributed by atoms with van der Waals surface area (Å²) in [5.74, 6) is -3.55. The number of rotatable bonds is 10. The van der Waals surface area contributed by atoms with Gasteiger partial charge in [-0.1, -0.05) is 12.1 Å². The third kappa shape index (κ3) is 6.99. The summed E-state index contributed by atoms with van der Waals surface area (Å²) in [6.07, 6.45) is -1.75. The van der Waals surface area contributed by atoms with Gasteiger partial charge in [0.1, 0.15) is 11.6 Å². The Morgan fingerprint density at radius 1 is 1.06 bits per heavy atom. The van der Waals surface area contributed by atoms with Gasteiger partial charge in [-0.05, 0) is 39.3 Å². The van der Waals surface area contributed by atoms with Crippen LogP contribution in [-0.4, -0.2) is 100.0 Å². The minimum Gasteiger partial charge on any atom is -0.481 e. The van der Waals surface area contributed by atoms with Crippen molar-refractivity contribution in [3.05, 3.63) is 35.4 Å². The lowest BCUT2D eigenvalue weighted by molar-refractivity contribution is -0.152. The van der Waals surface area contributed by atoms with Crippen LogP contribution >= 0.6 is 0 Å². The van der Waals surface area contributed by atoms with E-state index in [1.807, 2.05) is 0 Å². The number of hydrogen-bond acceptors (Lipinski definition) is 8. The number of carboxylic acids is 1. The van der Waals surface area contributed by atoms with Gasteiger partial charge in [0.05, 0.1) is 37.5 Å². The average Bonchev–Trinajstić information content (AvgIpc) is 3.03. The molecule has 1 atom stereocenters. The maximum Gasteiger partial charge on any atom is 0.429 e. The zero-order chi connectivity index (χ0) is 26.3. The Morgan fingerprint density at radius 3 is 2.11 bits per heavy atom. The molecule has 2 N–H and O–H groups in total. The fourth-order valence-electron chi connectivity index (χ4n) is 3.44. The molecule has 0 radical (unpaired) electrons. The molecule has 12 nitrogen and oxygen atoms in total. The van der Waals surface area contributed by atoms with Crippen LogP contribution in [0.5, 0.6) is 0 Å². The van der Waals surface area contributed by atoms with Crippen LogP contribution in [0.25, 0.3) is 0 Å². The number of aliphatic carboxylic acids is 1. The molecule has 0 fully saturated rings. The fraction of sp³-hybridized carbons (Fsp3) is 0.522. The van der Waals surface area contributed by atoms with E-state index in [1.165, 1.54) is 19.2 Å². The van der Waals surface area contributed by atoms with Gasteiger partial charge in [0.15, 0.2) is 0 Å². The number of aliphatic hydroxyl groups is 1. The summed E-state index contributed by atoms with van der Waals surface area (Å²) in [6.45, 7) is 4.37. The molecule has 2 rings (SSSR count). The van der Waals surface area contributed by atoms with Gasteiger partial charge >= 0.3 is 12.1 Å². The van der Waals surface area contributed by atoms with Crippen LogP contribution in [0.3, 0.4) is 0 Å². The van der Waals surface area contributed by atoms with Crippen LogP contribution in [0.1, 0.15) is 54.3 Å². The molecule has 0 unspecified atom stereocenters. The maximum atomic E-state index is 13.7. The molecule has 0 aromatic heterocycles. The molecule has 0 bridgehead atoms. The van der Waals surface area contributed by atoms with E-state index >= 15 is 0 Å². The number of carbonyl (C=O) groups excluding carboxylic acids is 4. The second-order valence-electron chi connectivity index (χ2n) is 8.78. The molecule has 1 aliphatic heterocycles. The van der Waals surface area contributed by atoms with Crippen LogP contribution < -0.4 is 0 Å². The molecule has 4 amide bonds. The number of amides is 4. The van der Waals surface area contributed by atoms with Crippen molar-refractivity contribution in [3.63, 3.8) is 0 Å². The smallest absolute Gasteiger partial charge is 0.429 e. The minimum absolute atomic E-state index is 0.0148. The van der Waals surface area contributed by atoms with E-state index in [2.05, 4.69) is 0 Å². The number of imide groups is 1. The minimum atomic E-state index is -1.50. The monoisotopic (exact) mass is 493 g/mol. The van der Waals surface area contributed by atoms with Crippen molar-refractivity contribution in [2.45, 2.75) is 45.3 Å². The molecular formula is C23H31N3O9. The van der Waals surface area contributed by atoms with E-state index in [1.54, 1.807) is 32.9 Å². The molecular weight excluding hydrogens is 462 g/mol. The third-order valence-corrected chi connectivity index (χ3v) is 5.01. The quantitative estimate of drug-likeness (QED) is 0.277. The summed E-state index contributed by atoms with van der Waals surface area (Å²) < 4.78 is 10.6. The summed E-state index contributed by atoms with van der Waals surface area (Å²) in [7, 11) is 1.27. The average molecular weight is 494 g/mol. The first-order chi connectivity index (χ1) is 16.4. The van der Waals surface area contributed by atoms with E-state index < -0.39 is 47.8 Å². The summed E-state index contributed by atoms with van der Waals surface area (Å²) in [5, 5.41) is 20.0. The highest BCUT2D eigenvalue weighted by atomic mass is 16.6. The number of nitrogens with zero attached hydrogens (tertiary/aromatic N) is 3. The van der Waals surface area contributed by atoms with Crippen LogP contribution in [0.15, 0.2) is 24.3 Å². The Kier molecular flexibility index (Phi) is 9.32. The summed E-state index contributed by atoms with van der Waals surface area (Å²) in [5.41, 5.74) is -0.675. The first-order valence-electron chi connectivity index (χ1n) is 11.0. The fourth-order valence-corrected chi connectivity index (χ4v) is 3.44. The largest absolute Gasteiger partial charge is 0.481 e. The Morgan fingerprint density at radius 2 is 1.63 bits per heavy atom. The van der Waals surface area contributed by atoms with Crippen LogP contribution in [0.2, 0.25) is 0 Å². The van der Waals surface area contributed by atoms with Gasteiger partial charge in [0.25, 0.3) is 17.7 Å². The number of hydrogen-bond donors (Lipinski definition) is 2. The van der Waals surface area contributed by atoms with Gasteiger partial charge in [-0.25, -0.2) is 14.8 Å². The van der Waals surface area contributed by atoms with E-state index in [9.17, 15) is 29.1 Å². The first-order valence-corrected chi connectivity index (χ1v) is 11.0. The molecule has 0 aliphatic carbocycles. The van der Waals surface area contributed by atoms with Crippen molar-refractivity contribution < 1.29 is 43.7 Å². The molecule has 0 saturated carbocycles. The van der Waals surface area contributed by atoms with E-state index in [0.717, 1.165) is 14.9 Å². The van der Waals surface area contributed by atoms with Gasteiger partial charge in [-0.2, -0.15) is 0 Å². The number of benzene rings is 1. The highest BCUT2D eigenvalue weighted by Gasteiger charge is 2.45. The Balaban J connectivity index is 2.41. The molecule has 1 heterocycles. The number of aliphatic hydroxyl groups excluding tert-OH is 1. The summed E-state index contributed by atoms with van der Waals surface area (Å²) >= 11 is 0. The highest BCUT2D eigenvalue weighted by molar-refractivity contribution is 6.22. The topological polar surface area (TPSA) is 154 Å². The lowest BCUT2D eigenvalue weighted by Gasteiger charge is -2.37. The Labute approximate surface area is 203 Å². The number of fused-ring (bicyclic) bond motifs is 1. The van der Waals surface area contributed by atoms with Gasteiger partial charge in [0, 0.05) is 13.5 Å². The second-order valence-corrected chi connectivity index (χ2v) is 8.78. The standard InChI is InChI=1S/C23H31N3O9/c1-23(2,3)35-22(33)24(4)25(11-13-34-14-12-27)21(32)17(9-10-18(28)29)26-19(30)15-7-5-6-8-16(15)20(26)31/h5-8,17,27H,9-14H2,1-4H3,(H,28,29)/t17-/m0/s1. The zero-order valence-corrected chi connectivity index (χ0v) is 20.2. The first kappa shape index (κ1) is 27.7. The number of carbonyl (C=O) groups is 5. The van der Waals surface area contributed by atoms with Crippen LogP contribution in [0, 0.1) is 0 Å². The summed E-state index contributed by atoms with van der Waals surface area (Å²) in [4.78, 5) is 64.5. The van der Waals surface area contributed by atoms with Gasteiger partial charge in [-0.3, -0.25) is 24.1 Å². The zero-order valence-electron chi connectivity index (χ0n) is 20.2. The predicted octanol–water partition coefficient (Wildman–Crippen LogP) is 1.14. The SMILES string of the molecule is CN(C(=O)OC(C)(C)C)N(CCOCCO)C(=O)[C@H](CCC(=O)O)N1C(=O)c2ccccc2C1=O. The van der Waals surface area contributed by atoms with E-state index in [0.29, 0.717) is 0 Å². The number of carboxylic acid groups (broad SMARTS) is 1. The van der Waals surface area contributed by atoms with Crippen LogP contribution in [0.4, 0.5) is 4.79 Å². The predicted molar refractivity (Wildman–Crippen MR) is 121 cm³/mol. The van der Waals surface area contributed by atoms with Crippen molar-refractivity contribution in [2.75, 3.05) is 33.4 Å². The number of hydrazine groups is 1. The molecule has 12 heteroatoms. The highest BCUT2D eigenvalue weighted by Crippen LogP contribution is 2.27. The normalized spacial score (nSPS) is 13.9. The lowest BCUT2D eigenvalue weighted by Crippen LogP contribution is -2.57. The maximum absolute atomic E-state index is 13.7. The van der Waals surface area contributed by atoms with Crippen molar-refractivity contribution in [1.82, 2.24) is 14.9 Å². The molecule has 0 saturated heterocycles. The molecule has 1 aromatic carbocycles. The molecule has 192 valence electrons. The van der Waals surface area contributed by atoms with E-state index in [4.69, 9.17) is 14.6 Å². The van der Waals surface area contributed by atoms with Crippen molar-refractivity contribution in [3.8, 4) is 0 Å². The Bertz CT molecular complexity index is 938. The van der Waals surface area contributed by atoms with Gasteiger partial charge in [-0.15, -0.1) is 0 Å². The molecule has 0 spiro atoms. The van der Waals surface area contributed by atoms with Gasteiger partial charge in [0.2, 0.25) is 0 Å². The molecule has 35 heavy (non-hydrogen) atoms. The van der Waals surface area contributed by atoms with Crippen molar-refractivity contribution in [1.29, 1.82) is 0 Å². The summed E-state index contributed by atoms with van der Waals surface area (Å²) in [6, 6.07) is 4.54. The third-order valence-electron chi connectivity index (χ3n) is 5.01. The Hall–Kier alpha value is -3.51. The van der Waals surface area contributed by atoms with Gasteiger partial charge < -0.3 is 19.7 Å².